The van der Waals surface area contributed by atoms with Crippen molar-refractivity contribution in [3.8, 4) is 0 Å². The van der Waals surface area contributed by atoms with Crippen LogP contribution in [0.2, 0.25) is 0 Å². The topological polar surface area (TPSA) is 45.2 Å². The number of nitrogens with one attached hydrogen (secondary N) is 1. The average Bonchev–Trinajstić information content (AvgIpc) is 2.64. The van der Waals surface area contributed by atoms with Crippen LogP contribution in [0.5, 0.6) is 0 Å². The van der Waals surface area contributed by atoms with E-state index >= 15 is 0 Å². The molecule has 1 N–H and O–H groups in total. The molecule has 0 spiro atoms. The van der Waals surface area contributed by atoms with Gasteiger partial charge in [0.15, 0.2) is 0 Å². The molecule has 1 unspecified atom stereocenters. The Morgan fingerprint density at radius 3 is 3.11 bits per heavy atom. The van der Waals surface area contributed by atoms with Crippen molar-refractivity contribution >= 4 is 11.7 Å². The zero-order valence-electron chi connectivity index (χ0n) is 11.9. The largest absolute Gasteiger partial charge is 0.370 e. The second-order valence-electron chi connectivity index (χ2n) is 5.26. The van der Waals surface area contributed by atoms with Crippen LogP contribution in [-0.2, 0) is 0 Å². The highest BCUT2D eigenvalue weighted by Gasteiger charge is 2.21. The van der Waals surface area contributed by atoms with Crippen molar-refractivity contribution < 1.29 is 4.79 Å². The van der Waals surface area contributed by atoms with Crippen LogP contribution in [0.1, 0.15) is 43.5 Å². The Morgan fingerprint density at radius 2 is 2.32 bits per heavy atom. The van der Waals surface area contributed by atoms with Crippen LogP contribution in [0.4, 0.5) is 5.82 Å². The number of carbonyl (C=O) groups is 1. The molecule has 1 aliphatic heterocycles. The second kappa shape index (κ2) is 6.55. The molecule has 4 nitrogen and oxygen atoms in total. The van der Waals surface area contributed by atoms with Crippen molar-refractivity contribution in [2.24, 2.45) is 5.92 Å². The first kappa shape index (κ1) is 13.8. The summed E-state index contributed by atoms with van der Waals surface area (Å²) in [6.45, 7) is 6.77. The lowest BCUT2D eigenvalue weighted by Crippen LogP contribution is -2.32. The van der Waals surface area contributed by atoms with E-state index in [0.717, 1.165) is 38.4 Å². The normalized spacial score (nSPS) is 19.9. The molecule has 0 aliphatic carbocycles. The second-order valence-corrected chi connectivity index (χ2v) is 5.26. The molecule has 4 heteroatoms. The third-order valence-electron chi connectivity index (χ3n) is 3.69. The van der Waals surface area contributed by atoms with Gasteiger partial charge in [-0.2, -0.15) is 0 Å². The lowest BCUT2D eigenvalue weighted by atomic mass is 10.0. The maximum absolute atomic E-state index is 12.6. The van der Waals surface area contributed by atoms with Crippen molar-refractivity contribution in [1.29, 1.82) is 0 Å². The standard InChI is InChI=1S/C15H23N3O/c1-3-16-14-13(7-4-9-17-14)15(19)18-10-5-6-12(2)8-11-18/h4,7,9,12H,3,5-6,8,10-11H2,1-2H3,(H,16,17). The summed E-state index contributed by atoms with van der Waals surface area (Å²) in [7, 11) is 0. The molecular weight excluding hydrogens is 238 g/mol. The Labute approximate surface area is 115 Å². The minimum atomic E-state index is 0.109. The highest BCUT2D eigenvalue weighted by atomic mass is 16.2. The molecule has 1 atom stereocenters. The summed E-state index contributed by atoms with van der Waals surface area (Å²) in [4.78, 5) is 18.8. The number of aromatic nitrogens is 1. The minimum absolute atomic E-state index is 0.109. The summed E-state index contributed by atoms with van der Waals surface area (Å²) in [5.41, 5.74) is 0.693. The molecule has 0 saturated carbocycles. The predicted molar refractivity (Wildman–Crippen MR) is 77.3 cm³/mol. The van der Waals surface area contributed by atoms with Crippen molar-refractivity contribution in [2.75, 3.05) is 25.0 Å². The van der Waals surface area contributed by atoms with Crippen LogP contribution in [0.3, 0.4) is 0 Å². The zero-order chi connectivity index (χ0) is 13.7. The van der Waals surface area contributed by atoms with Crippen molar-refractivity contribution in [2.45, 2.75) is 33.1 Å². The van der Waals surface area contributed by atoms with E-state index in [2.05, 4.69) is 17.2 Å². The van der Waals surface area contributed by atoms with E-state index in [1.54, 1.807) is 6.20 Å². The minimum Gasteiger partial charge on any atom is -0.370 e. The number of amides is 1. The van der Waals surface area contributed by atoms with Gasteiger partial charge in [0.25, 0.3) is 5.91 Å². The smallest absolute Gasteiger partial charge is 0.257 e. The van der Waals surface area contributed by atoms with Crippen LogP contribution in [0.25, 0.3) is 0 Å². The maximum Gasteiger partial charge on any atom is 0.257 e. The number of rotatable bonds is 3. The molecule has 1 aliphatic rings. The quantitative estimate of drug-likeness (QED) is 0.910. The number of hydrogen-bond donors (Lipinski definition) is 1. The average molecular weight is 261 g/mol. The molecule has 0 radical (unpaired) electrons. The Morgan fingerprint density at radius 1 is 1.47 bits per heavy atom. The van der Waals surface area contributed by atoms with Crippen LogP contribution < -0.4 is 5.32 Å². The molecule has 0 bridgehead atoms. The molecule has 2 heterocycles. The number of carbonyl (C=O) groups excluding carboxylic acids is 1. The van der Waals surface area contributed by atoms with Crippen LogP contribution in [0, 0.1) is 5.92 Å². The molecule has 1 amide bonds. The van der Waals surface area contributed by atoms with Gasteiger partial charge in [-0.25, -0.2) is 4.98 Å². The van der Waals surface area contributed by atoms with Gasteiger partial charge in [0.1, 0.15) is 5.82 Å². The molecule has 1 saturated heterocycles. The summed E-state index contributed by atoms with van der Waals surface area (Å²) in [5.74, 6) is 1.53. The van der Waals surface area contributed by atoms with Crippen LogP contribution in [0.15, 0.2) is 18.3 Å². The van der Waals surface area contributed by atoms with Crippen molar-refractivity contribution in [3.05, 3.63) is 23.9 Å². The van der Waals surface area contributed by atoms with Gasteiger partial charge in [0.2, 0.25) is 0 Å². The monoisotopic (exact) mass is 261 g/mol. The fraction of sp³-hybridized carbons (Fsp3) is 0.600. The fourth-order valence-electron chi connectivity index (χ4n) is 2.52. The van der Waals surface area contributed by atoms with E-state index in [4.69, 9.17) is 0 Å². The van der Waals surface area contributed by atoms with Gasteiger partial charge in [0, 0.05) is 25.8 Å². The first-order valence-electron chi connectivity index (χ1n) is 7.20. The van der Waals surface area contributed by atoms with Crippen molar-refractivity contribution in [3.63, 3.8) is 0 Å². The number of likely N-dealkylation sites (tertiary alicyclic amines) is 1. The Balaban J connectivity index is 2.14. The van der Waals surface area contributed by atoms with Gasteiger partial charge < -0.3 is 10.2 Å². The number of pyridine rings is 1. The third kappa shape index (κ3) is 3.46. The van der Waals surface area contributed by atoms with Gasteiger partial charge in [-0.1, -0.05) is 6.92 Å². The molecule has 104 valence electrons. The molecular formula is C15H23N3O. The van der Waals surface area contributed by atoms with E-state index < -0.39 is 0 Å². The van der Waals surface area contributed by atoms with Crippen LogP contribution >= 0.6 is 0 Å². The van der Waals surface area contributed by atoms with E-state index in [9.17, 15) is 4.79 Å². The Bertz CT molecular complexity index is 433. The highest BCUT2D eigenvalue weighted by Crippen LogP contribution is 2.20. The van der Waals surface area contributed by atoms with E-state index in [1.165, 1.54) is 6.42 Å². The van der Waals surface area contributed by atoms with E-state index in [-0.39, 0.29) is 5.91 Å². The zero-order valence-corrected chi connectivity index (χ0v) is 11.9. The van der Waals surface area contributed by atoms with Gasteiger partial charge in [-0.3, -0.25) is 4.79 Å². The molecule has 2 rings (SSSR count). The van der Waals surface area contributed by atoms with Crippen LogP contribution in [-0.4, -0.2) is 35.4 Å². The summed E-state index contributed by atoms with van der Waals surface area (Å²) in [6, 6.07) is 3.69. The number of hydrogen-bond acceptors (Lipinski definition) is 3. The lowest BCUT2D eigenvalue weighted by Gasteiger charge is -2.21. The van der Waals surface area contributed by atoms with E-state index in [1.807, 2.05) is 24.0 Å². The molecule has 19 heavy (non-hydrogen) atoms. The highest BCUT2D eigenvalue weighted by molar-refractivity contribution is 5.98. The fourth-order valence-corrected chi connectivity index (χ4v) is 2.52. The number of anilines is 1. The Hall–Kier alpha value is -1.58. The summed E-state index contributed by atoms with van der Waals surface area (Å²) >= 11 is 0. The first-order chi connectivity index (χ1) is 9.22. The Kier molecular flexibility index (Phi) is 4.77. The van der Waals surface area contributed by atoms with Gasteiger partial charge in [-0.05, 0) is 44.2 Å². The molecule has 1 aromatic rings. The van der Waals surface area contributed by atoms with Gasteiger partial charge in [-0.15, -0.1) is 0 Å². The SMILES string of the molecule is CCNc1ncccc1C(=O)N1CCCC(C)CC1. The maximum atomic E-state index is 12.6. The van der Waals surface area contributed by atoms with Crippen molar-refractivity contribution in [1.82, 2.24) is 9.88 Å². The lowest BCUT2D eigenvalue weighted by molar-refractivity contribution is 0.0761. The summed E-state index contributed by atoms with van der Waals surface area (Å²) < 4.78 is 0. The molecule has 0 aromatic carbocycles. The molecule has 1 fully saturated rings. The number of nitrogens with zero attached hydrogens (tertiary/aromatic N) is 2. The predicted octanol–water partition coefficient (Wildman–Crippen LogP) is 2.78. The summed E-state index contributed by atoms with van der Waals surface area (Å²) in [5, 5.41) is 3.16. The molecule has 1 aromatic heterocycles. The summed E-state index contributed by atoms with van der Waals surface area (Å²) in [6.07, 6.45) is 5.14. The van der Waals surface area contributed by atoms with E-state index in [0.29, 0.717) is 11.4 Å². The van der Waals surface area contributed by atoms with Gasteiger partial charge in [0.05, 0.1) is 5.56 Å². The third-order valence-corrected chi connectivity index (χ3v) is 3.69. The first-order valence-corrected chi connectivity index (χ1v) is 7.20. The van der Waals surface area contributed by atoms with Gasteiger partial charge >= 0.3 is 0 Å².